The fraction of sp³-hybridized carbons (Fsp3) is 0.318. The summed E-state index contributed by atoms with van der Waals surface area (Å²) >= 11 is 11.7. The molecule has 0 bridgehead atoms. The lowest BCUT2D eigenvalue weighted by Gasteiger charge is -2.29. The maximum absolute atomic E-state index is 15.3. The molecule has 2 aliphatic rings. The molecular weight excluding hydrogens is 517 g/mol. The first-order chi connectivity index (χ1) is 16.4. The molecule has 2 aromatic rings. The summed E-state index contributed by atoms with van der Waals surface area (Å²) in [6.07, 6.45) is -6.99. The van der Waals surface area contributed by atoms with Crippen molar-refractivity contribution in [3.63, 3.8) is 0 Å². The van der Waals surface area contributed by atoms with Crippen LogP contribution in [0.4, 0.5) is 17.6 Å². The van der Waals surface area contributed by atoms with Gasteiger partial charge in [0.2, 0.25) is 11.8 Å². The molecule has 0 saturated carbocycles. The van der Waals surface area contributed by atoms with Gasteiger partial charge in [-0.3, -0.25) is 25.0 Å². The number of nitrogens with zero attached hydrogens (tertiary/aromatic N) is 1. The predicted molar refractivity (Wildman–Crippen MR) is 116 cm³/mol. The van der Waals surface area contributed by atoms with E-state index < -0.39 is 59.2 Å². The molecule has 3 atom stereocenters. The fourth-order valence-corrected chi connectivity index (χ4v) is 4.70. The Kier molecular flexibility index (Phi) is 6.80. The number of hydrogen-bond donors (Lipinski definition) is 3. The normalized spacial score (nSPS) is 20.0. The van der Waals surface area contributed by atoms with Gasteiger partial charge < -0.3 is 10.0 Å². The third-order valence-corrected chi connectivity index (χ3v) is 6.46. The molecule has 3 N–H and O–H groups in total. The zero-order chi connectivity index (χ0) is 25.7. The highest BCUT2D eigenvalue weighted by Gasteiger charge is 2.44. The number of aliphatic hydroxyl groups excluding tert-OH is 1. The highest BCUT2D eigenvalue weighted by molar-refractivity contribution is 6.35. The largest absolute Gasteiger partial charge is 0.408 e. The van der Waals surface area contributed by atoms with Gasteiger partial charge in [-0.15, -0.1) is 0 Å². The molecule has 2 heterocycles. The number of hydrogen-bond acceptors (Lipinski definition) is 5. The Bertz CT molecular complexity index is 1220. The van der Waals surface area contributed by atoms with Crippen LogP contribution < -0.4 is 10.6 Å². The quantitative estimate of drug-likeness (QED) is 0.308. The minimum absolute atomic E-state index is 0.00101. The van der Waals surface area contributed by atoms with Gasteiger partial charge in [-0.2, -0.15) is 13.2 Å². The summed E-state index contributed by atoms with van der Waals surface area (Å²) in [5.41, 5.74) is -1.22. The molecule has 3 amide bonds. The second-order valence-electron chi connectivity index (χ2n) is 8.10. The van der Waals surface area contributed by atoms with E-state index in [1.807, 2.05) is 5.32 Å². The fourth-order valence-electron chi connectivity index (χ4n) is 4.18. The molecular formula is C22H17Cl2F4N3O4. The molecule has 0 radical (unpaired) electrons. The van der Waals surface area contributed by atoms with Crippen molar-refractivity contribution in [3.05, 3.63) is 68.4 Å². The van der Waals surface area contributed by atoms with Crippen LogP contribution >= 0.6 is 23.2 Å². The smallest absolute Gasteiger partial charge is 0.374 e. The van der Waals surface area contributed by atoms with Crippen molar-refractivity contribution in [3.8, 4) is 0 Å². The van der Waals surface area contributed by atoms with Crippen LogP contribution in [-0.2, 0) is 16.1 Å². The van der Waals surface area contributed by atoms with E-state index in [1.165, 1.54) is 12.1 Å². The third-order valence-electron chi connectivity index (χ3n) is 5.90. The number of aliphatic hydroxyl groups is 1. The lowest BCUT2D eigenvalue weighted by Crippen LogP contribution is -2.52. The number of nitrogens with one attached hydrogen (secondary N) is 2. The van der Waals surface area contributed by atoms with Crippen LogP contribution in [0.2, 0.25) is 10.0 Å². The Hall–Kier alpha value is -2.73. The van der Waals surface area contributed by atoms with Crippen LogP contribution in [0.3, 0.4) is 0 Å². The third kappa shape index (κ3) is 4.86. The van der Waals surface area contributed by atoms with E-state index in [0.29, 0.717) is 0 Å². The molecule has 1 fully saturated rings. The number of imide groups is 1. The van der Waals surface area contributed by atoms with Crippen molar-refractivity contribution in [1.82, 2.24) is 15.5 Å². The molecule has 1 saturated heterocycles. The van der Waals surface area contributed by atoms with Crippen LogP contribution in [-0.4, -0.2) is 39.9 Å². The van der Waals surface area contributed by atoms with Crippen molar-refractivity contribution < 1.29 is 37.1 Å². The first-order valence-electron chi connectivity index (χ1n) is 10.3. The average Bonchev–Trinajstić information content (AvgIpc) is 3.09. The maximum atomic E-state index is 15.3. The number of rotatable bonds is 5. The number of carbonyl (C=O) groups is 3. The Morgan fingerprint density at radius 1 is 1.11 bits per heavy atom. The minimum atomic E-state index is -4.91. The molecule has 3 unspecified atom stereocenters. The molecule has 0 aliphatic carbocycles. The van der Waals surface area contributed by atoms with E-state index in [1.54, 1.807) is 0 Å². The van der Waals surface area contributed by atoms with Gasteiger partial charge in [0.1, 0.15) is 24.1 Å². The van der Waals surface area contributed by atoms with Crippen molar-refractivity contribution in [2.45, 2.75) is 43.9 Å². The zero-order valence-electron chi connectivity index (χ0n) is 17.6. The first kappa shape index (κ1) is 25.4. The Morgan fingerprint density at radius 2 is 1.80 bits per heavy atom. The van der Waals surface area contributed by atoms with Gasteiger partial charge in [-0.05, 0) is 30.2 Å². The number of carbonyl (C=O) groups excluding carboxylic acids is 3. The van der Waals surface area contributed by atoms with Gasteiger partial charge in [0.25, 0.3) is 5.91 Å². The van der Waals surface area contributed by atoms with E-state index in [9.17, 15) is 32.7 Å². The maximum Gasteiger partial charge on any atom is 0.408 e. The molecule has 2 aromatic carbocycles. The van der Waals surface area contributed by atoms with Gasteiger partial charge in [0, 0.05) is 33.2 Å². The van der Waals surface area contributed by atoms with E-state index in [0.717, 1.165) is 23.1 Å². The van der Waals surface area contributed by atoms with Crippen LogP contribution in [0.1, 0.15) is 52.2 Å². The number of alkyl halides is 3. The van der Waals surface area contributed by atoms with Crippen molar-refractivity contribution in [2.75, 3.05) is 0 Å². The number of benzene rings is 2. The summed E-state index contributed by atoms with van der Waals surface area (Å²) in [7, 11) is 0. The van der Waals surface area contributed by atoms with Crippen molar-refractivity contribution in [2.24, 2.45) is 0 Å². The summed E-state index contributed by atoms with van der Waals surface area (Å²) < 4.78 is 56.7. The number of amides is 3. The molecule has 35 heavy (non-hydrogen) atoms. The van der Waals surface area contributed by atoms with Crippen LogP contribution in [0.5, 0.6) is 0 Å². The standard InChI is InChI=1S/C22H17Cl2F4N3O4/c23-9-1-2-11(14(24)7-9)18(22(26,27)28)30-19(33)12-4-3-10-13(17(12)25)8-31(21(10)35)15-5-6-16(32)29-20(15)34/h1-4,7,15,18-19,30,33H,5-6,8H2,(H,29,32,34). The summed E-state index contributed by atoms with van der Waals surface area (Å²) in [4.78, 5) is 37.4. The summed E-state index contributed by atoms with van der Waals surface area (Å²) in [6.45, 7) is -0.349. The van der Waals surface area contributed by atoms with Gasteiger partial charge in [0.15, 0.2) is 0 Å². The van der Waals surface area contributed by atoms with E-state index in [4.69, 9.17) is 23.2 Å². The summed E-state index contributed by atoms with van der Waals surface area (Å²) in [6, 6.07) is 2.05. The van der Waals surface area contributed by atoms with Gasteiger partial charge in [0.05, 0.1) is 6.54 Å². The van der Waals surface area contributed by atoms with Gasteiger partial charge >= 0.3 is 6.18 Å². The zero-order valence-corrected chi connectivity index (χ0v) is 19.1. The molecule has 186 valence electrons. The molecule has 13 heteroatoms. The second kappa shape index (κ2) is 9.38. The van der Waals surface area contributed by atoms with Gasteiger partial charge in [-0.25, -0.2) is 4.39 Å². The number of fused-ring (bicyclic) bond motifs is 1. The first-order valence-corrected chi connectivity index (χ1v) is 11.1. The van der Waals surface area contributed by atoms with E-state index >= 15 is 4.39 Å². The Balaban J connectivity index is 1.61. The van der Waals surface area contributed by atoms with Gasteiger partial charge in [-0.1, -0.05) is 35.3 Å². The highest BCUT2D eigenvalue weighted by Crippen LogP contribution is 2.39. The topological polar surface area (TPSA) is 98.7 Å². The summed E-state index contributed by atoms with van der Waals surface area (Å²) in [5, 5.41) is 14.4. The summed E-state index contributed by atoms with van der Waals surface area (Å²) in [5.74, 6) is -2.94. The van der Waals surface area contributed by atoms with Crippen molar-refractivity contribution >= 4 is 40.9 Å². The van der Waals surface area contributed by atoms with E-state index in [2.05, 4.69) is 5.32 Å². The lowest BCUT2D eigenvalue weighted by molar-refractivity contribution is -0.166. The molecule has 2 aliphatic heterocycles. The number of piperidine rings is 1. The van der Waals surface area contributed by atoms with Crippen LogP contribution in [0.15, 0.2) is 30.3 Å². The van der Waals surface area contributed by atoms with Crippen LogP contribution in [0.25, 0.3) is 0 Å². The minimum Gasteiger partial charge on any atom is -0.374 e. The SMILES string of the molecule is O=C1CCC(N2Cc3c(ccc(C(O)NC(c4ccc(Cl)cc4Cl)C(F)(F)F)c3F)C2=O)C(=O)N1. The molecule has 0 aromatic heterocycles. The highest BCUT2D eigenvalue weighted by atomic mass is 35.5. The van der Waals surface area contributed by atoms with Crippen molar-refractivity contribution in [1.29, 1.82) is 0 Å². The lowest BCUT2D eigenvalue weighted by atomic mass is 10.0. The Morgan fingerprint density at radius 3 is 2.43 bits per heavy atom. The Labute approximate surface area is 206 Å². The molecule has 7 nitrogen and oxygen atoms in total. The monoisotopic (exact) mass is 533 g/mol. The molecule has 4 rings (SSSR count). The predicted octanol–water partition coefficient (Wildman–Crippen LogP) is 3.78. The van der Waals surface area contributed by atoms with Crippen LogP contribution in [0, 0.1) is 5.82 Å². The average molecular weight is 534 g/mol. The second-order valence-corrected chi connectivity index (χ2v) is 8.95. The molecule has 0 spiro atoms. The van der Waals surface area contributed by atoms with E-state index in [-0.39, 0.29) is 40.6 Å². The number of halogens is 6.